The Balaban J connectivity index is 1.77. The number of nitrogens with one attached hydrogen (secondary N) is 2. The van der Waals surface area contributed by atoms with Crippen LogP contribution < -0.4 is 20.1 Å². The Labute approximate surface area is 172 Å². The van der Waals surface area contributed by atoms with Crippen LogP contribution in [0.1, 0.15) is 47.7 Å². The van der Waals surface area contributed by atoms with Crippen molar-refractivity contribution < 1.29 is 19.1 Å². The molecule has 2 aromatic carbocycles. The molecule has 6 nitrogen and oxygen atoms in total. The molecule has 0 aliphatic carbocycles. The van der Waals surface area contributed by atoms with E-state index >= 15 is 0 Å². The van der Waals surface area contributed by atoms with E-state index in [1.807, 2.05) is 43.3 Å². The van der Waals surface area contributed by atoms with E-state index < -0.39 is 0 Å². The van der Waals surface area contributed by atoms with Crippen LogP contribution in [-0.2, 0) is 11.3 Å². The average Bonchev–Trinajstić information content (AvgIpc) is 2.73. The Morgan fingerprint density at radius 1 is 1.03 bits per heavy atom. The summed E-state index contributed by atoms with van der Waals surface area (Å²) in [7, 11) is 1.60. The molecule has 0 unspecified atom stereocenters. The van der Waals surface area contributed by atoms with E-state index in [2.05, 4.69) is 17.6 Å². The van der Waals surface area contributed by atoms with E-state index in [4.69, 9.17) is 9.47 Å². The first-order valence-electron chi connectivity index (χ1n) is 9.95. The summed E-state index contributed by atoms with van der Waals surface area (Å²) < 4.78 is 11.1. The molecule has 0 fully saturated rings. The third kappa shape index (κ3) is 7.14. The Hall–Kier alpha value is -3.02. The maximum atomic E-state index is 12.2. The van der Waals surface area contributed by atoms with Crippen LogP contribution in [0.25, 0.3) is 0 Å². The number of unbranched alkanes of at least 4 members (excludes halogenated alkanes) is 1. The molecule has 0 saturated heterocycles. The van der Waals surface area contributed by atoms with Crippen molar-refractivity contribution in [1.82, 2.24) is 10.6 Å². The molecule has 0 bridgehead atoms. The number of methoxy groups -OCH3 is 1. The molecule has 2 N–H and O–H groups in total. The van der Waals surface area contributed by atoms with Crippen molar-refractivity contribution in [2.45, 2.75) is 39.7 Å². The molecule has 0 aliphatic rings. The van der Waals surface area contributed by atoms with Gasteiger partial charge in [-0.3, -0.25) is 9.59 Å². The highest BCUT2D eigenvalue weighted by molar-refractivity contribution is 5.95. The van der Waals surface area contributed by atoms with E-state index in [0.717, 1.165) is 24.0 Å². The van der Waals surface area contributed by atoms with E-state index in [1.54, 1.807) is 13.2 Å². The van der Waals surface area contributed by atoms with Crippen LogP contribution in [0.4, 0.5) is 0 Å². The maximum absolute atomic E-state index is 12.2. The molecule has 0 aromatic heterocycles. The molecule has 156 valence electrons. The Kier molecular flexibility index (Phi) is 9.02. The van der Waals surface area contributed by atoms with Crippen LogP contribution in [0, 0.1) is 6.92 Å². The summed E-state index contributed by atoms with van der Waals surface area (Å²) in [5, 5.41) is 5.64. The fourth-order valence-electron chi connectivity index (χ4n) is 2.77. The van der Waals surface area contributed by atoms with E-state index in [9.17, 15) is 9.59 Å². The molecule has 2 amide bonds. The van der Waals surface area contributed by atoms with Crippen molar-refractivity contribution in [3.8, 4) is 11.5 Å². The minimum absolute atomic E-state index is 0.127. The van der Waals surface area contributed by atoms with E-state index in [-0.39, 0.29) is 24.8 Å². The van der Waals surface area contributed by atoms with Crippen LogP contribution >= 0.6 is 0 Å². The summed E-state index contributed by atoms with van der Waals surface area (Å²) in [6, 6.07) is 13.0. The molecule has 0 heterocycles. The Morgan fingerprint density at radius 2 is 1.83 bits per heavy atom. The highest BCUT2D eigenvalue weighted by Crippen LogP contribution is 2.28. The minimum atomic E-state index is -0.167. The highest BCUT2D eigenvalue weighted by atomic mass is 16.5. The minimum Gasteiger partial charge on any atom is -0.493 e. The molecule has 0 aliphatic heterocycles. The van der Waals surface area contributed by atoms with Gasteiger partial charge in [-0.2, -0.15) is 0 Å². The van der Waals surface area contributed by atoms with E-state index in [0.29, 0.717) is 30.2 Å². The number of amides is 2. The highest BCUT2D eigenvalue weighted by Gasteiger charge is 2.10. The summed E-state index contributed by atoms with van der Waals surface area (Å²) in [5.41, 5.74) is 2.45. The van der Waals surface area contributed by atoms with Gasteiger partial charge in [0.25, 0.3) is 5.91 Å². The quantitative estimate of drug-likeness (QED) is 0.567. The molecule has 2 rings (SSSR count). The number of hydrogen-bond acceptors (Lipinski definition) is 4. The van der Waals surface area contributed by atoms with Gasteiger partial charge in [-0.15, -0.1) is 0 Å². The molecule has 0 saturated carbocycles. The van der Waals surface area contributed by atoms with Crippen molar-refractivity contribution in [2.24, 2.45) is 0 Å². The van der Waals surface area contributed by atoms with Gasteiger partial charge in [0.05, 0.1) is 13.7 Å². The third-order valence-corrected chi connectivity index (χ3v) is 4.50. The zero-order chi connectivity index (χ0) is 21.1. The number of benzene rings is 2. The second-order valence-corrected chi connectivity index (χ2v) is 6.78. The van der Waals surface area contributed by atoms with Gasteiger partial charge in [-0.1, -0.05) is 37.6 Å². The summed E-state index contributed by atoms with van der Waals surface area (Å²) in [4.78, 5) is 24.2. The molecule has 0 spiro atoms. The van der Waals surface area contributed by atoms with Gasteiger partial charge in [-0.05, 0) is 42.7 Å². The molecule has 0 radical (unpaired) electrons. The van der Waals surface area contributed by atoms with Gasteiger partial charge < -0.3 is 20.1 Å². The lowest BCUT2D eigenvalue weighted by Gasteiger charge is -2.12. The predicted octanol–water partition coefficient (Wildman–Crippen LogP) is 3.62. The smallest absolute Gasteiger partial charge is 0.251 e. The summed E-state index contributed by atoms with van der Waals surface area (Å²) in [6.07, 6.45) is 2.27. The number of ether oxygens (including phenoxy) is 2. The largest absolute Gasteiger partial charge is 0.493 e. The van der Waals surface area contributed by atoms with Crippen LogP contribution in [0.3, 0.4) is 0 Å². The van der Waals surface area contributed by atoms with Gasteiger partial charge >= 0.3 is 0 Å². The first-order valence-corrected chi connectivity index (χ1v) is 9.95. The molecule has 0 atom stereocenters. The molecule has 2 aromatic rings. The van der Waals surface area contributed by atoms with Crippen molar-refractivity contribution in [3.05, 3.63) is 59.2 Å². The SMILES string of the molecule is CCCCOc1ccc(CNC(=O)CCNC(=O)c2ccccc2C)cc1OC. The zero-order valence-electron chi connectivity index (χ0n) is 17.4. The average molecular weight is 399 g/mol. The normalized spacial score (nSPS) is 10.3. The van der Waals surface area contributed by atoms with Gasteiger partial charge in [0.2, 0.25) is 5.91 Å². The van der Waals surface area contributed by atoms with Crippen molar-refractivity contribution >= 4 is 11.8 Å². The number of hydrogen-bond donors (Lipinski definition) is 2. The van der Waals surface area contributed by atoms with Crippen LogP contribution in [0.15, 0.2) is 42.5 Å². The fourth-order valence-corrected chi connectivity index (χ4v) is 2.77. The van der Waals surface area contributed by atoms with Crippen LogP contribution in [0.2, 0.25) is 0 Å². The lowest BCUT2D eigenvalue weighted by atomic mass is 10.1. The standard InChI is InChI=1S/C23H30N2O4/c1-4-5-14-29-20-11-10-18(15-21(20)28-3)16-25-22(26)12-13-24-23(27)19-9-7-6-8-17(19)2/h6-11,15H,4-5,12-14,16H2,1-3H3,(H,24,27)(H,25,26). The second kappa shape index (κ2) is 11.7. The van der Waals surface area contributed by atoms with Crippen molar-refractivity contribution in [2.75, 3.05) is 20.3 Å². The van der Waals surface area contributed by atoms with Crippen molar-refractivity contribution in [1.29, 1.82) is 0 Å². The van der Waals surface area contributed by atoms with Gasteiger partial charge in [0.1, 0.15) is 0 Å². The number of carbonyl (C=O) groups excluding carboxylic acids is 2. The fraction of sp³-hybridized carbons (Fsp3) is 0.391. The van der Waals surface area contributed by atoms with Crippen LogP contribution in [0.5, 0.6) is 11.5 Å². The van der Waals surface area contributed by atoms with Gasteiger partial charge in [0, 0.05) is 25.1 Å². The third-order valence-electron chi connectivity index (χ3n) is 4.50. The Morgan fingerprint density at radius 3 is 2.55 bits per heavy atom. The van der Waals surface area contributed by atoms with Gasteiger partial charge in [-0.25, -0.2) is 0 Å². The predicted molar refractivity (Wildman–Crippen MR) is 113 cm³/mol. The number of rotatable bonds is 11. The summed E-state index contributed by atoms with van der Waals surface area (Å²) >= 11 is 0. The van der Waals surface area contributed by atoms with E-state index in [1.165, 1.54) is 0 Å². The first kappa shape index (κ1) is 22.3. The molecular weight excluding hydrogens is 368 g/mol. The van der Waals surface area contributed by atoms with Crippen LogP contribution in [-0.4, -0.2) is 32.1 Å². The van der Waals surface area contributed by atoms with Gasteiger partial charge in [0.15, 0.2) is 11.5 Å². The molecular formula is C23H30N2O4. The summed E-state index contributed by atoms with van der Waals surface area (Å²) in [6.45, 7) is 5.32. The zero-order valence-corrected chi connectivity index (χ0v) is 17.4. The topological polar surface area (TPSA) is 76.7 Å². The summed E-state index contributed by atoms with van der Waals surface area (Å²) in [5.74, 6) is 1.06. The Bertz CT molecular complexity index is 820. The lowest BCUT2D eigenvalue weighted by Crippen LogP contribution is -2.30. The van der Waals surface area contributed by atoms with Crippen molar-refractivity contribution in [3.63, 3.8) is 0 Å². The monoisotopic (exact) mass is 398 g/mol. The maximum Gasteiger partial charge on any atom is 0.251 e. The number of carbonyl (C=O) groups is 2. The second-order valence-electron chi connectivity index (χ2n) is 6.78. The number of aryl methyl sites for hydroxylation is 1. The lowest BCUT2D eigenvalue weighted by molar-refractivity contribution is -0.121. The first-order chi connectivity index (χ1) is 14.0. The molecule has 29 heavy (non-hydrogen) atoms. The molecule has 6 heteroatoms.